The van der Waals surface area contributed by atoms with Gasteiger partial charge in [-0.3, -0.25) is 10.1 Å². The predicted molar refractivity (Wildman–Crippen MR) is 45.1 cm³/mol. The Balaban J connectivity index is 3.42. The van der Waals surface area contributed by atoms with Crippen LogP contribution in [0.25, 0.3) is 0 Å². The van der Waals surface area contributed by atoms with E-state index in [1.807, 2.05) is 0 Å². The lowest BCUT2D eigenvalue weighted by atomic mass is 10.1. The van der Waals surface area contributed by atoms with Crippen molar-refractivity contribution in [2.45, 2.75) is 12.8 Å². The number of pyridine rings is 1. The van der Waals surface area contributed by atoms with Crippen molar-refractivity contribution in [3.05, 3.63) is 33.4 Å². The molecular formula is C8H4F3N3O2. The molecule has 1 aromatic heterocycles. The fourth-order valence-electron chi connectivity index (χ4n) is 1.09. The standard InChI is InChI=1S/C8H4F3N3O2/c9-6-4(1-2-12)5(14(15)16)3-13-7(6)8(10)11/h3,8H,1H2. The first-order chi connectivity index (χ1) is 7.49. The Morgan fingerprint density at radius 3 is 2.69 bits per heavy atom. The molecule has 0 unspecified atom stereocenters. The summed E-state index contributed by atoms with van der Waals surface area (Å²) in [6.45, 7) is 0. The van der Waals surface area contributed by atoms with Crippen LogP contribution in [-0.4, -0.2) is 9.91 Å². The molecule has 0 aromatic carbocycles. The second-order valence-electron chi connectivity index (χ2n) is 2.71. The zero-order valence-corrected chi connectivity index (χ0v) is 7.65. The summed E-state index contributed by atoms with van der Waals surface area (Å²) in [7, 11) is 0. The van der Waals surface area contributed by atoms with Crippen molar-refractivity contribution in [2.75, 3.05) is 0 Å². The van der Waals surface area contributed by atoms with Gasteiger partial charge in [0.1, 0.15) is 11.9 Å². The van der Waals surface area contributed by atoms with Gasteiger partial charge >= 0.3 is 0 Å². The van der Waals surface area contributed by atoms with Gasteiger partial charge in [-0.15, -0.1) is 0 Å². The Bertz CT molecular complexity index is 470. The maximum atomic E-state index is 13.3. The summed E-state index contributed by atoms with van der Waals surface area (Å²) in [5, 5.41) is 18.8. The van der Waals surface area contributed by atoms with Crippen molar-refractivity contribution >= 4 is 5.69 Å². The molecule has 0 fully saturated rings. The molecule has 0 atom stereocenters. The quantitative estimate of drug-likeness (QED) is 0.589. The maximum Gasteiger partial charge on any atom is 0.294 e. The highest BCUT2D eigenvalue weighted by Gasteiger charge is 2.25. The highest BCUT2D eigenvalue weighted by atomic mass is 19.3. The molecule has 1 aromatic rings. The van der Waals surface area contributed by atoms with E-state index in [4.69, 9.17) is 5.26 Å². The molecular weight excluding hydrogens is 227 g/mol. The molecule has 1 rings (SSSR count). The molecule has 0 aliphatic heterocycles. The third-order valence-electron chi connectivity index (χ3n) is 1.78. The molecule has 0 bridgehead atoms. The molecule has 8 heteroatoms. The van der Waals surface area contributed by atoms with Gasteiger partial charge in [0.25, 0.3) is 12.1 Å². The minimum Gasteiger partial charge on any atom is -0.258 e. The van der Waals surface area contributed by atoms with E-state index in [2.05, 4.69) is 4.98 Å². The number of rotatable bonds is 3. The van der Waals surface area contributed by atoms with Gasteiger partial charge in [0.05, 0.1) is 23.0 Å². The Morgan fingerprint density at radius 1 is 1.62 bits per heavy atom. The zero-order chi connectivity index (χ0) is 12.3. The smallest absolute Gasteiger partial charge is 0.258 e. The van der Waals surface area contributed by atoms with Gasteiger partial charge in [0.15, 0.2) is 5.82 Å². The van der Waals surface area contributed by atoms with Crippen LogP contribution in [0, 0.1) is 27.3 Å². The predicted octanol–water partition coefficient (Wildman–Crippen LogP) is 2.13. The minimum absolute atomic E-state index is 0.525. The summed E-state index contributed by atoms with van der Waals surface area (Å²) in [6, 6.07) is 1.47. The molecule has 0 aliphatic carbocycles. The molecule has 0 spiro atoms. The summed E-state index contributed by atoms with van der Waals surface area (Å²) in [4.78, 5) is 12.4. The third-order valence-corrected chi connectivity index (χ3v) is 1.78. The van der Waals surface area contributed by atoms with Gasteiger partial charge in [-0.2, -0.15) is 5.26 Å². The molecule has 0 N–H and O–H groups in total. The number of halogens is 3. The minimum atomic E-state index is -3.18. The molecule has 1 heterocycles. The number of alkyl halides is 2. The van der Waals surface area contributed by atoms with Crippen molar-refractivity contribution < 1.29 is 18.1 Å². The third kappa shape index (κ3) is 2.08. The average molecular weight is 231 g/mol. The second kappa shape index (κ2) is 4.57. The summed E-state index contributed by atoms with van der Waals surface area (Å²) < 4.78 is 37.8. The Hall–Kier alpha value is -2.17. The normalized spacial score (nSPS) is 10.2. The van der Waals surface area contributed by atoms with Crippen molar-refractivity contribution in [2.24, 2.45) is 0 Å². The lowest BCUT2D eigenvalue weighted by Crippen LogP contribution is -2.05. The van der Waals surface area contributed by atoms with Crippen LogP contribution in [0.4, 0.5) is 18.9 Å². The van der Waals surface area contributed by atoms with Crippen LogP contribution in [-0.2, 0) is 6.42 Å². The van der Waals surface area contributed by atoms with E-state index in [0.717, 1.165) is 0 Å². The van der Waals surface area contributed by atoms with E-state index in [-0.39, 0.29) is 0 Å². The van der Waals surface area contributed by atoms with Crippen molar-refractivity contribution in [1.82, 2.24) is 4.98 Å². The van der Waals surface area contributed by atoms with Crippen molar-refractivity contribution in [1.29, 1.82) is 5.26 Å². The molecule has 0 radical (unpaired) electrons. The number of nitriles is 1. The van der Waals surface area contributed by atoms with Crippen LogP contribution in [0.5, 0.6) is 0 Å². The molecule has 0 saturated heterocycles. The largest absolute Gasteiger partial charge is 0.294 e. The fraction of sp³-hybridized carbons (Fsp3) is 0.250. The SMILES string of the molecule is N#CCc1c([N+](=O)[O-])cnc(C(F)F)c1F. The summed E-state index contributed by atoms with van der Waals surface area (Å²) >= 11 is 0. The number of aromatic nitrogens is 1. The Labute approximate surface area is 87.3 Å². The zero-order valence-electron chi connectivity index (χ0n) is 7.65. The molecule has 0 saturated carbocycles. The van der Waals surface area contributed by atoms with E-state index in [1.165, 1.54) is 6.07 Å². The average Bonchev–Trinajstić information content (AvgIpc) is 2.20. The van der Waals surface area contributed by atoms with E-state index >= 15 is 0 Å². The first kappa shape index (κ1) is 11.9. The van der Waals surface area contributed by atoms with E-state index in [1.54, 1.807) is 0 Å². The summed E-state index contributed by atoms with van der Waals surface area (Å²) in [6.07, 6.45) is -3.32. The monoisotopic (exact) mass is 231 g/mol. The molecule has 0 aliphatic rings. The highest BCUT2D eigenvalue weighted by molar-refractivity contribution is 5.42. The van der Waals surface area contributed by atoms with Crippen molar-refractivity contribution in [3.63, 3.8) is 0 Å². The lowest BCUT2D eigenvalue weighted by Gasteiger charge is -2.04. The van der Waals surface area contributed by atoms with Gasteiger partial charge in [-0.25, -0.2) is 18.2 Å². The first-order valence-corrected chi connectivity index (χ1v) is 3.95. The van der Waals surface area contributed by atoms with Gasteiger partial charge < -0.3 is 0 Å². The second-order valence-corrected chi connectivity index (χ2v) is 2.71. The topological polar surface area (TPSA) is 79.8 Å². The highest BCUT2D eigenvalue weighted by Crippen LogP contribution is 2.27. The summed E-state index contributed by atoms with van der Waals surface area (Å²) in [5.41, 5.74) is -2.63. The van der Waals surface area contributed by atoms with Gasteiger partial charge in [0, 0.05) is 0 Å². The van der Waals surface area contributed by atoms with Gasteiger partial charge in [0.2, 0.25) is 0 Å². The van der Waals surface area contributed by atoms with Crippen molar-refractivity contribution in [3.8, 4) is 6.07 Å². The van der Waals surface area contributed by atoms with E-state index < -0.39 is 40.5 Å². The van der Waals surface area contributed by atoms with E-state index in [9.17, 15) is 23.3 Å². The lowest BCUT2D eigenvalue weighted by molar-refractivity contribution is -0.386. The molecule has 16 heavy (non-hydrogen) atoms. The molecule has 0 amide bonds. The van der Waals surface area contributed by atoms with Crippen LogP contribution in [0.2, 0.25) is 0 Å². The fourth-order valence-corrected chi connectivity index (χ4v) is 1.09. The number of nitro groups is 1. The number of hydrogen-bond acceptors (Lipinski definition) is 4. The Morgan fingerprint density at radius 2 is 2.25 bits per heavy atom. The molecule has 84 valence electrons. The van der Waals surface area contributed by atoms with Crippen LogP contribution < -0.4 is 0 Å². The van der Waals surface area contributed by atoms with Gasteiger partial charge in [-0.05, 0) is 0 Å². The molecule has 5 nitrogen and oxygen atoms in total. The van der Waals surface area contributed by atoms with Crippen LogP contribution in [0.3, 0.4) is 0 Å². The van der Waals surface area contributed by atoms with Crippen LogP contribution in [0.1, 0.15) is 17.7 Å². The first-order valence-electron chi connectivity index (χ1n) is 3.95. The number of hydrogen-bond donors (Lipinski definition) is 0. The number of nitrogens with zero attached hydrogens (tertiary/aromatic N) is 3. The summed E-state index contributed by atoms with van der Waals surface area (Å²) in [5.74, 6) is -1.49. The van der Waals surface area contributed by atoms with E-state index in [0.29, 0.717) is 6.20 Å². The van der Waals surface area contributed by atoms with Gasteiger partial charge in [-0.1, -0.05) is 0 Å². The maximum absolute atomic E-state index is 13.3. The van der Waals surface area contributed by atoms with Crippen LogP contribution in [0.15, 0.2) is 6.20 Å². The Kier molecular flexibility index (Phi) is 3.40. The van der Waals surface area contributed by atoms with Crippen LogP contribution >= 0.6 is 0 Å².